The van der Waals surface area contributed by atoms with Crippen molar-refractivity contribution in [2.75, 3.05) is 6.79 Å². The minimum absolute atomic E-state index is 0.228. The molecule has 0 atom stereocenters. The maximum atomic E-state index is 6.16. The predicted molar refractivity (Wildman–Crippen MR) is 91.9 cm³/mol. The van der Waals surface area contributed by atoms with Crippen LogP contribution in [-0.2, 0) is 5.75 Å². The Morgan fingerprint density at radius 1 is 1.00 bits per heavy atom. The molecule has 0 saturated carbocycles. The summed E-state index contributed by atoms with van der Waals surface area (Å²) in [7, 11) is 0. The van der Waals surface area contributed by atoms with E-state index >= 15 is 0 Å². The number of ether oxygens (including phenoxy) is 2. The highest BCUT2D eigenvalue weighted by Gasteiger charge is 2.17. The molecular weight excluding hydrogens is 371 g/mol. The molecule has 122 valence electrons. The van der Waals surface area contributed by atoms with Gasteiger partial charge in [0.25, 0.3) is 5.22 Å². The summed E-state index contributed by atoms with van der Waals surface area (Å²) in [4.78, 5) is 0. The minimum atomic E-state index is 0.228. The van der Waals surface area contributed by atoms with Crippen molar-refractivity contribution in [2.24, 2.45) is 0 Å². The molecule has 0 radical (unpaired) electrons. The van der Waals surface area contributed by atoms with Crippen molar-refractivity contribution < 1.29 is 13.9 Å². The summed E-state index contributed by atoms with van der Waals surface area (Å²) in [6, 6.07) is 10.9. The molecule has 0 aliphatic carbocycles. The first kappa shape index (κ1) is 15.6. The molecule has 4 rings (SSSR count). The lowest BCUT2D eigenvalue weighted by atomic mass is 10.2. The zero-order valence-corrected chi connectivity index (χ0v) is 14.5. The maximum Gasteiger partial charge on any atom is 0.277 e. The zero-order chi connectivity index (χ0) is 16.5. The molecule has 5 nitrogen and oxygen atoms in total. The summed E-state index contributed by atoms with van der Waals surface area (Å²) in [5.41, 5.74) is 1.73. The highest BCUT2D eigenvalue weighted by molar-refractivity contribution is 7.98. The molecule has 0 amide bonds. The lowest BCUT2D eigenvalue weighted by Crippen LogP contribution is -1.92. The molecule has 2 heterocycles. The van der Waals surface area contributed by atoms with Gasteiger partial charge in [0.2, 0.25) is 12.7 Å². The van der Waals surface area contributed by atoms with Gasteiger partial charge in [-0.1, -0.05) is 41.0 Å². The van der Waals surface area contributed by atoms with Gasteiger partial charge in [-0.05, 0) is 35.9 Å². The number of hydrogen-bond donors (Lipinski definition) is 0. The molecule has 3 aromatic rings. The molecule has 0 saturated heterocycles. The summed E-state index contributed by atoms with van der Waals surface area (Å²) in [5.74, 6) is 2.43. The maximum absolute atomic E-state index is 6.16. The van der Waals surface area contributed by atoms with Gasteiger partial charge >= 0.3 is 0 Å². The van der Waals surface area contributed by atoms with Gasteiger partial charge in [-0.25, -0.2) is 0 Å². The van der Waals surface area contributed by atoms with Crippen molar-refractivity contribution in [2.45, 2.75) is 11.0 Å². The second kappa shape index (κ2) is 6.55. The first-order chi connectivity index (χ1) is 11.7. The average Bonchev–Trinajstić information content (AvgIpc) is 3.22. The van der Waals surface area contributed by atoms with Gasteiger partial charge in [0, 0.05) is 21.4 Å². The molecule has 0 N–H and O–H groups in total. The van der Waals surface area contributed by atoms with Crippen LogP contribution in [0.2, 0.25) is 10.0 Å². The number of benzene rings is 2. The monoisotopic (exact) mass is 380 g/mol. The number of thioether (sulfide) groups is 1. The SMILES string of the molecule is Clc1ccc(CSc2nnc(-c3ccc4c(c3)OCO4)o2)c(Cl)c1. The van der Waals surface area contributed by atoms with E-state index in [0.29, 0.717) is 38.4 Å². The van der Waals surface area contributed by atoms with Crippen LogP contribution in [0.3, 0.4) is 0 Å². The van der Waals surface area contributed by atoms with E-state index in [1.807, 2.05) is 24.3 Å². The Labute approximate surface area is 151 Å². The lowest BCUT2D eigenvalue weighted by Gasteiger charge is -2.02. The van der Waals surface area contributed by atoms with Crippen LogP contribution in [0.15, 0.2) is 46.0 Å². The van der Waals surface area contributed by atoms with Gasteiger partial charge in [0.1, 0.15) is 0 Å². The summed E-state index contributed by atoms with van der Waals surface area (Å²) < 4.78 is 16.3. The lowest BCUT2D eigenvalue weighted by molar-refractivity contribution is 0.174. The third-order valence-corrected chi connectivity index (χ3v) is 4.85. The molecule has 0 spiro atoms. The Balaban J connectivity index is 1.48. The summed E-state index contributed by atoms with van der Waals surface area (Å²) >= 11 is 13.5. The highest BCUT2D eigenvalue weighted by Crippen LogP contribution is 2.36. The van der Waals surface area contributed by atoms with E-state index in [4.69, 9.17) is 37.1 Å². The molecular formula is C16H10Cl2N2O3S. The van der Waals surface area contributed by atoms with Crippen LogP contribution in [0.5, 0.6) is 11.5 Å². The number of aromatic nitrogens is 2. The van der Waals surface area contributed by atoms with E-state index in [1.54, 1.807) is 12.1 Å². The highest BCUT2D eigenvalue weighted by atomic mass is 35.5. The third-order valence-electron chi connectivity index (χ3n) is 3.39. The first-order valence-electron chi connectivity index (χ1n) is 6.99. The molecule has 0 bridgehead atoms. The van der Waals surface area contributed by atoms with Gasteiger partial charge < -0.3 is 13.9 Å². The van der Waals surface area contributed by atoms with Gasteiger partial charge in [0.05, 0.1) is 0 Å². The summed E-state index contributed by atoms with van der Waals surface area (Å²) in [5, 5.41) is 9.82. The van der Waals surface area contributed by atoms with Crippen LogP contribution in [0.25, 0.3) is 11.5 Å². The summed E-state index contributed by atoms with van der Waals surface area (Å²) in [6.45, 7) is 0.228. The van der Waals surface area contributed by atoms with Gasteiger partial charge in [-0.2, -0.15) is 0 Å². The van der Waals surface area contributed by atoms with E-state index in [2.05, 4.69) is 10.2 Å². The van der Waals surface area contributed by atoms with Crippen molar-refractivity contribution in [3.8, 4) is 23.0 Å². The fraction of sp³-hybridized carbons (Fsp3) is 0.125. The first-order valence-corrected chi connectivity index (χ1v) is 8.73. The van der Waals surface area contributed by atoms with Crippen molar-refractivity contribution in [3.05, 3.63) is 52.0 Å². The number of halogens is 2. The second-order valence-corrected chi connectivity index (χ2v) is 6.74. The summed E-state index contributed by atoms with van der Waals surface area (Å²) in [6.07, 6.45) is 0. The fourth-order valence-electron chi connectivity index (χ4n) is 2.19. The number of hydrogen-bond acceptors (Lipinski definition) is 6. The van der Waals surface area contributed by atoms with Gasteiger partial charge in [-0.3, -0.25) is 0 Å². The molecule has 0 unspecified atom stereocenters. The van der Waals surface area contributed by atoms with Crippen molar-refractivity contribution in [1.29, 1.82) is 0 Å². The minimum Gasteiger partial charge on any atom is -0.454 e. The Kier molecular flexibility index (Phi) is 4.26. The number of fused-ring (bicyclic) bond motifs is 1. The zero-order valence-electron chi connectivity index (χ0n) is 12.2. The molecule has 24 heavy (non-hydrogen) atoms. The molecule has 1 aromatic heterocycles. The Morgan fingerprint density at radius 2 is 1.88 bits per heavy atom. The van der Waals surface area contributed by atoms with Crippen LogP contribution < -0.4 is 9.47 Å². The van der Waals surface area contributed by atoms with Crippen LogP contribution in [0.1, 0.15) is 5.56 Å². The standard InChI is InChI=1S/C16H10Cl2N2O3S/c17-11-3-1-10(12(18)6-11)7-24-16-20-19-15(23-16)9-2-4-13-14(5-9)22-8-21-13/h1-6H,7-8H2. The fourth-order valence-corrected chi connectivity index (χ4v) is 3.51. The van der Waals surface area contributed by atoms with E-state index in [-0.39, 0.29) is 6.79 Å². The van der Waals surface area contributed by atoms with Crippen molar-refractivity contribution in [1.82, 2.24) is 10.2 Å². The molecule has 0 fully saturated rings. The average molecular weight is 381 g/mol. The Morgan fingerprint density at radius 3 is 2.75 bits per heavy atom. The van der Waals surface area contributed by atoms with Gasteiger partial charge in [-0.15, -0.1) is 10.2 Å². The number of rotatable bonds is 4. The molecule has 8 heteroatoms. The van der Waals surface area contributed by atoms with E-state index in [1.165, 1.54) is 11.8 Å². The smallest absolute Gasteiger partial charge is 0.277 e. The van der Waals surface area contributed by atoms with Crippen LogP contribution >= 0.6 is 35.0 Å². The van der Waals surface area contributed by atoms with Crippen LogP contribution in [0, 0.1) is 0 Å². The van der Waals surface area contributed by atoms with E-state index in [0.717, 1.165) is 11.1 Å². The van der Waals surface area contributed by atoms with E-state index in [9.17, 15) is 0 Å². The molecule has 1 aliphatic rings. The topological polar surface area (TPSA) is 57.4 Å². The third kappa shape index (κ3) is 3.17. The van der Waals surface area contributed by atoms with Gasteiger partial charge in [0.15, 0.2) is 11.5 Å². The van der Waals surface area contributed by atoms with Crippen LogP contribution in [0.4, 0.5) is 0 Å². The van der Waals surface area contributed by atoms with Crippen molar-refractivity contribution >= 4 is 35.0 Å². The molecule has 1 aliphatic heterocycles. The Bertz CT molecular complexity index is 901. The Hall–Kier alpha value is -1.89. The molecule has 2 aromatic carbocycles. The number of nitrogens with zero attached hydrogens (tertiary/aromatic N) is 2. The van der Waals surface area contributed by atoms with Crippen molar-refractivity contribution in [3.63, 3.8) is 0 Å². The normalized spacial score (nSPS) is 12.6. The second-order valence-electron chi connectivity index (χ2n) is 4.97. The quantitative estimate of drug-likeness (QED) is 0.589. The van der Waals surface area contributed by atoms with Crippen LogP contribution in [-0.4, -0.2) is 17.0 Å². The van der Waals surface area contributed by atoms with E-state index < -0.39 is 0 Å². The predicted octanol–water partition coefficient (Wildman–Crippen LogP) is 5.06. The largest absolute Gasteiger partial charge is 0.454 e.